The second-order valence-electron chi connectivity index (χ2n) is 5.05. The molecular weight excluding hydrogens is 230 g/mol. The van der Waals surface area contributed by atoms with Crippen molar-refractivity contribution in [1.82, 2.24) is 5.32 Å². The van der Waals surface area contributed by atoms with E-state index in [1.54, 1.807) is 0 Å². The van der Waals surface area contributed by atoms with E-state index in [1.165, 1.54) is 13.8 Å². The molecule has 0 unspecified atom stereocenters. The molecule has 0 saturated heterocycles. The van der Waals surface area contributed by atoms with Gasteiger partial charge in [-0.2, -0.15) is 0 Å². The van der Waals surface area contributed by atoms with Crippen LogP contribution in [0.2, 0.25) is 0 Å². The first-order chi connectivity index (χ1) is 8.29. The van der Waals surface area contributed by atoms with E-state index >= 15 is 0 Å². The average Bonchev–Trinajstić information content (AvgIpc) is 2.25. The highest BCUT2D eigenvalue weighted by Crippen LogP contribution is 2.13. The zero-order valence-corrected chi connectivity index (χ0v) is 11.4. The topological polar surface area (TPSA) is 58.6 Å². The molecule has 4 nitrogen and oxygen atoms in total. The maximum atomic E-state index is 11.5. The molecule has 0 aromatic heterocycles. The van der Waals surface area contributed by atoms with E-state index in [-0.39, 0.29) is 12.0 Å². The number of hydrogen-bond donors (Lipinski definition) is 2. The van der Waals surface area contributed by atoms with E-state index in [1.807, 2.05) is 38.1 Å². The summed E-state index contributed by atoms with van der Waals surface area (Å²) in [7, 11) is 0. The molecule has 1 aromatic rings. The van der Waals surface area contributed by atoms with Crippen LogP contribution in [0.25, 0.3) is 0 Å². The molecule has 1 aromatic carbocycles. The first-order valence-electron chi connectivity index (χ1n) is 6.05. The summed E-state index contributed by atoms with van der Waals surface area (Å²) in [5.74, 6) is 0.424. The van der Waals surface area contributed by atoms with Crippen LogP contribution in [0.15, 0.2) is 24.3 Å². The molecule has 1 rings (SSSR count). The summed E-state index contributed by atoms with van der Waals surface area (Å²) in [5.41, 5.74) is -0.385. The van der Waals surface area contributed by atoms with Crippen molar-refractivity contribution in [1.29, 1.82) is 0 Å². The van der Waals surface area contributed by atoms with Crippen LogP contribution in [0, 0.1) is 0 Å². The van der Waals surface area contributed by atoms with E-state index in [2.05, 4.69) is 5.32 Å². The summed E-state index contributed by atoms with van der Waals surface area (Å²) in [4.78, 5) is 11.5. The third kappa shape index (κ3) is 4.75. The molecule has 2 N–H and O–H groups in total. The number of carbonyl (C=O) groups excluding carboxylic acids is 1. The van der Waals surface area contributed by atoms with Gasteiger partial charge in [0.1, 0.15) is 11.4 Å². The lowest BCUT2D eigenvalue weighted by Crippen LogP contribution is -2.41. The predicted molar refractivity (Wildman–Crippen MR) is 70.4 cm³/mol. The van der Waals surface area contributed by atoms with Crippen molar-refractivity contribution in [3.8, 4) is 5.75 Å². The minimum absolute atomic E-state index is 0.144. The standard InChI is InChI=1S/C14H21NO3/c1-10(2)18-12-7-5-11(6-8-12)9-15-13(16)14(3,4)17/h5-8,10,17H,9H2,1-4H3,(H,15,16). The minimum Gasteiger partial charge on any atom is -0.491 e. The normalized spacial score (nSPS) is 11.4. The Morgan fingerprint density at radius 2 is 1.89 bits per heavy atom. The van der Waals surface area contributed by atoms with Crippen LogP contribution in [0.4, 0.5) is 0 Å². The molecule has 1 amide bonds. The molecule has 100 valence electrons. The maximum absolute atomic E-state index is 11.5. The minimum atomic E-state index is -1.35. The Labute approximate surface area is 108 Å². The number of aliphatic hydroxyl groups is 1. The van der Waals surface area contributed by atoms with Gasteiger partial charge in [-0.3, -0.25) is 4.79 Å². The molecule has 0 radical (unpaired) electrons. The van der Waals surface area contributed by atoms with Crippen LogP contribution >= 0.6 is 0 Å². The summed E-state index contributed by atoms with van der Waals surface area (Å²) in [6.45, 7) is 7.25. The quantitative estimate of drug-likeness (QED) is 0.839. The lowest BCUT2D eigenvalue weighted by molar-refractivity contribution is -0.136. The van der Waals surface area contributed by atoms with Crippen molar-refractivity contribution in [2.45, 2.75) is 45.9 Å². The molecule has 0 aliphatic carbocycles. The van der Waals surface area contributed by atoms with Crippen LogP contribution < -0.4 is 10.1 Å². The second kappa shape index (κ2) is 5.87. The Hall–Kier alpha value is -1.55. The van der Waals surface area contributed by atoms with Gasteiger partial charge in [0.2, 0.25) is 0 Å². The van der Waals surface area contributed by atoms with Crippen LogP contribution in [0.3, 0.4) is 0 Å². The van der Waals surface area contributed by atoms with Gasteiger partial charge in [-0.15, -0.1) is 0 Å². The first kappa shape index (κ1) is 14.5. The molecule has 0 spiro atoms. The third-order valence-corrected chi connectivity index (χ3v) is 2.30. The van der Waals surface area contributed by atoms with Gasteiger partial charge < -0.3 is 15.2 Å². The maximum Gasteiger partial charge on any atom is 0.251 e. The molecular formula is C14H21NO3. The number of ether oxygens (including phenoxy) is 1. The lowest BCUT2D eigenvalue weighted by Gasteiger charge is -2.16. The number of carbonyl (C=O) groups is 1. The second-order valence-corrected chi connectivity index (χ2v) is 5.05. The van der Waals surface area contributed by atoms with Crippen molar-refractivity contribution in [2.24, 2.45) is 0 Å². The van der Waals surface area contributed by atoms with Gasteiger partial charge in [-0.1, -0.05) is 12.1 Å². The van der Waals surface area contributed by atoms with E-state index < -0.39 is 5.60 Å². The third-order valence-electron chi connectivity index (χ3n) is 2.30. The lowest BCUT2D eigenvalue weighted by atomic mass is 10.1. The number of hydrogen-bond acceptors (Lipinski definition) is 3. The Morgan fingerprint density at radius 1 is 1.33 bits per heavy atom. The summed E-state index contributed by atoms with van der Waals surface area (Å²) in [6.07, 6.45) is 0.144. The Bertz CT molecular complexity index is 390. The fraction of sp³-hybridized carbons (Fsp3) is 0.500. The van der Waals surface area contributed by atoms with Crippen LogP contribution in [-0.2, 0) is 11.3 Å². The van der Waals surface area contributed by atoms with Gasteiger partial charge in [0.05, 0.1) is 6.10 Å². The van der Waals surface area contributed by atoms with Gasteiger partial charge in [0, 0.05) is 6.54 Å². The summed E-state index contributed by atoms with van der Waals surface area (Å²) in [6, 6.07) is 7.52. The van der Waals surface area contributed by atoms with Gasteiger partial charge >= 0.3 is 0 Å². The largest absolute Gasteiger partial charge is 0.491 e. The molecule has 0 aliphatic rings. The molecule has 0 atom stereocenters. The highest BCUT2D eigenvalue weighted by atomic mass is 16.5. The van der Waals surface area contributed by atoms with Gasteiger partial charge in [-0.25, -0.2) is 0 Å². The predicted octanol–water partition coefficient (Wildman–Crippen LogP) is 1.86. The number of benzene rings is 1. The fourth-order valence-corrected chi connectivity index (χ4v) is 1.36. The van der Waals surface area contributed by atoms with E-state index in [0.29, 0.717) is 6.54 Å². The monoisotopic (exact) mass is 251 g/mol. The van der Waals surface area contributed by atoms with Crippen molar-refractivity contribution >= 4 is 5.91 Å². The van der Waals surface area contributed by atoms with E-state index in [9.17, 15) is 9.90 Å². The van der Waals surface area contributed by atoms with Crippen LogP contribution in [-0.4, -0.2) is 22.7 Å². The van der Waals surface area contributed by atoms with Crippen molar-refractivity contribution in [2.75, 3.05) is 0 Å². The Balaban J connectivity index is 2.52. The van der Waals surface area contributed by atoms with Crippen molar-refractivity contribution in [3.05, 3.63) is 29.8 Å². The summed E-state index contributed by atoms with van der Waals surface area (Å²) < 4.78 is 5.52. The van der Waals surface area contributed by atoms with Gasteiger partial charge in [0.25, 0.3) is 5.91 Å². The Morgan fingerprint density at radius 3 is 2.33 bits per heavy atom. The molecule has 4 heteroatoms. The van der Waals surface area contributed by atoms with Crippen molar-refractivity contribution in [3.63, 3.8) is 0 Å². The SMILES string of the molecule is CC(C)Oc1ccc(CNC(=O)C(C)(C)O)cc1. The Kier molecular flexibility index (Phi) is 4.73. The van der Waals surface area contributed by atoms with Crippen LogP contribution in [0.1, 0.15) is 33.3 Å². The zero-order valence-electron chi connectivity index (χ0n) is 11.4. The molecule has 0 aliphatic heterocycles. The number of amides is 1. The fourth-order valence-electron chi connectivity index (χ4n) is 1.36. The first-order valence-corrected chi connectivity index (χ1v) is 6.05. The van der Waals surface area contributed by atoms with E-state index in [4.69, 9.17) is 4.74 Å². The van der Waals surface area contributed by atoms with E-state index in [0.717, 1.165) is 11.3 Å². The zero-order chi connectivity index (χ0) is 13.8. The smallest absolute Gasteiger partial charge is 0.251 e. The number of nitrogens with one attached hydrogen (secondary N) is 1. The molecule has 18 heavy (non-hydrogen) atoms. The highest BCUT2D eigenvalue weighted by Gasteiger charge is 2.22. The van der Waals surface area contributed by atoms with Gasteiger partial charge in [-0.05, 0) is 45.4 Å². The summed E-state index contributed by atoms with van der Waals surface area (Å²) >= 11 is 0. The highest BCUT2D eigenvalue weighted by molar-refractivity contribution is 5.83. The summed E-state index contributed by atoms with van der Waals surface area (Å²) in [5, 5.41) is 12.1. The molecule has 0 saturated carbocycles. The molecule has 0 fully saturated rings. The average molecular weight is 251 g/mol. The molecule has 0 bridgehead atoms. The van der Waals surface area contributed by atoms with Crippen LogP contribution in [0.5, 0.6) is 5.75 Å². The molecule has 0 heterocycles. The van der Waals surface area contributed by atoms with Gasteiger partial charge in [0.15, 0.2) is 0 Å². The number of rotatable bonds is 5. The van der Waals surface area contributed by atoms with Crippen molar-refractivity contribution < 1.29 is 14.6 Å².